The molecule has 0 bridgehead atoms. The van der Waals surface area contributed by atoms with Gasteiger partial charge in [-0.25, -0.2) is 8.42 Å². The Labute approximate surface area is 225 Å². The summed E-state index contributed by atoms with van der Waals surface area (Å²) >= 11 is 6.11. The fourth-order valence-corrected chi connectivity index (χ4v) is 6.22. The predicted octanol–water partition coefficient (Wildman–Crippen LogP) is 5.63. The maximum atomic E-state index is 13.5. The predicted molar refractivity (Wildman–Crippen MR) is 139 cm³/mol. The maximum Gasteiger partial charge on any atom is 0.417 e. The lowest BCUT2D eigenvalue weighted by Gasteiger charge is -2.36. The number of sulfonamides is 1. The molecule has 0 spiro atoms. The third-order valence-electron chi connectivity index (χ3n) is 6.37. The van der Waals surface area contributed by atoms with Crippen LogP contribution in [0.4, 0.5) is 13.2 Å². The molecule has 38 heavy (non-hydrogen) atoms. The summed E-state index contributed by atoms with van der Waals surface area (Å²) in [4.78, 5) is 1.32. The van der Waals surface area contributed by atoms with E-state index in [1.165, 1.54) is 12.1 Å². The highest BCUT2D eigenvalue weighted by molar-refractivity contribution is 7.89. The highest BCUT2D eigenvalue weighted by atomic mass is 35.5. The van der Waals surface area contributed by atoms with Crippen molar-refractivity contribution in [2.24, 2.45) is 0 Å². The number of nitrogens with zero attached hydrogens (tertiary/aromatic N) is 2. The summed E-state index contributed by atoms with van der Waals surface area (Å²) in [5, 5.41) is 0.605. The summed E-state index contributed by atoms with van der Waals surface area (Å²) in [6, 6.07) is 19.2. The van der Waals surface area contributed by atoms with Gasteiger partial charge in [0.25, 0.3) is 0 Å². The van der Waals surface area contributed by atoms with E-state index in [1.807, 2.05) is 47.4 Å². The molecule has 0 unspecified atom stereocenters. The number of piperazine rings is 1. The van der Waals surface area contributed by atoms with Gasteiger partial charge in [-0.2, -0.15) is 17.5 Å². The van der Waals surface area contributed by atoms with Crippen LogP contribution in [0.3, 0.4) is 0 Å². The molecule has 4 rings (SSSR count). The molecule has 1 saturated heterocycles. The van der Waals surface area contributed by atoms with Crippen LogP contribution < -0.4 is 4.74 Å². The van der Waals surface area contributed by atoms with Crippen molar-refractivity contribution in [1.82, 2.24) is 9.21 Å². The molecular formula is C27H28ClF3N2O4S. The van der Waals surface area contributed by atoms with Crippen LogP contribution >= 0.6 is 11.6 Å². The zero-order valence-corrected chi connectivity index (χ0v) is 22.3. The van der Waals surface area contributed by atoms with E-state index in [0.29, 0.717) is 37.0 Å². The molecule has 0 radical (unpaired) electrons. The second-order valence-electron chi connectivity index (χ2n) is 8.90. The molecule has 0 N–H and O–H groups in total. The first-order valence-corrected chi connectivity index (χ1v) is 13.8. The highest BCUT2D eigenvalue weighted by Gasteiger charge is 2.39. The minimum Gasteiger partial charge on any atom is -0.497 e. The number of benzene rings is 3. The second kappa shape index (κ2) is 12.0. The highest BCUT2D eigenvalue weighted by Crippen LogP contribution is 2.35. The summed E-state index contributed by atoms with van der Waals surface area (Å²) in [5.74, 6) is 0.679. The number of alkyl halides is 3. The second-order valence-corrected chi connectivity index (χ2v) is 11.2. The van der Waals surface area contributed by atoms with Gasteiger partial charge in [0.2, 0.25) is 10.0 Å². The van der Waals surface area contributed by atoms with Gasteiger partial charge in [-0.1, -0.05) is 48.0 Å². The summed E-state index contributed by atoms with van der Waals surface area (Å²) in [6.45, 7) is 1.58. The minimum absolute atomic E-state index is 0.0631. The summed E-state index contributed by atoms with van der Waals surface area (Å²) < 4.78 is 79.4. The van der Waals surface area contributed by atoms with Crippen molar-refractivity contribution in [3.63, 3.8) is 0 Å². The summed E-state index contributed by atoms with van der Waals surface area (Å²) in [7, 11) is -2.73. The van der Waals surface area contributed by atoms with Crippen molar-refractivity contribution in [3.05, 3.63) is 94.5 Å². The van der Waals surface area contributed by atoms with E-state index in [2.05, 4.69) is 0 Å². The Bertz CT molecular complexity index is 1350. The van der Waals surface area contributed by atoms with Gasteiger partial charge in [-0.3, -0.25) is 4.90 Å². The molecule has 204 valence electrons. The van der Waals surface area contributed by atoms with Gasteiger partial charge < -0.3 is 9.47 Å². The lowest BCUT2D eigenvalue weighted by molar-refractivity contribution is -0.139. The van der Waals surface area contributed by atoms with Gasteiger partial charge in [0.1, 0.15) is 5.75 Å². The molecule has 0 aliphatic carbocycles. The first kappa shape index (κ1) is 28.4. The van der Waals surface area contributed by atoms with Crippen LogP contribution in [0.5, 0.6) is 5.75 Å². The Morgan fingerprint density at radius 1 is 0.947 bits per heavy atom. The lowest BCUT2D eigenvalue weighted by atomic mass is 10.1. The number of hydrogen-bond acceptors (Lipinski definition) is 5. The first-order valence-electron chi connectivity index (χ1n) is 12.0. The van der Waals surface area contributed by atoms with Crippen LogP contribution in [0.1, 0.15) is 22.8 Å². The van der Waals surface area contributed by atoms with Crippen molar-refractivity contribution < 1.29 is 31.1 Å². The minimum atomic E-state index is -4.77. The van der Waals surface area contributed by atoms with Gasteiger partial charge in [0.15, 0.2) is 0 Å². The summed E-state index contributed by atoms with van der Waals surface area (Å²) in [5.41, 5.74) is 0.639. The Hall–Kier alpha value is -2.63. The largest absolute Gasteiger partial charge is 0.497 e. The van der Waals surface area contributed by atoms with Crippen molar-refractivity contribution in [2.75, 3.05) is 39.8 Å². The van der Waals surface area contributed by atoms with Crippen LogP contribution in [0.2, 0.25) is 5.02 Å². The van der Waals surface area contributed by atoms with Gasteiger partial charge in [0.05, 0.1) is 30.3 Å². The third-order valence-corrected chi connectivity index (χ3v) is 8.56. The van der Waals surface area contributed by atoms with Crippen molar-refractivity contribution >= 4 is 21.6 Å². The van der Waals surface area contributed by atoms with E-state index in [4.69, 9.17) is 21.1 Å². The average molecular weight is 569 g/mol. The van der Waals surface area contributed by atoms with Crippen molar-refractivity contribution in [2.45, 2.75) is 23.8 Å². The average Bonchev–Trinajstić information content (AvgIpc) is 2.91. The molecule has 0 amide bonds. The number of hydrogen-bond donors (Lipinski definition) is 0. The Morgan fingerprint density at radius 2 is 1.66 bits per heavy atom. The van der Waals surface area contributed by atoms with Gasteiger partial charge >= 0.3 is 6.18 Å². The van der Waals surface area contributed by atoms with Crippen LogP contribution in [-0.2, 0) is 27.5 Å². The molecule has 0 saturated carbocycles. The van der Waals surface area contributed by atoms with Crippen LogP contribution in [0.25, 0.3) is 0 Å². The fraction of sp³-hybridized carbons (Fsp3) is 0.333. The number of methoxy groups -OCH3 is 1. The molecule has 6 nitrogen and oxygen atoms in total. The number of halogens is 4. The molecule has 1 fully saturated rings. The Balaban J connectivity index is 1.47. The van der Waals surface area contributed by atoms with E-state index in [9.17, 15) is 21.6 Å². The first-order chi connectivity index (χ1) is 18.1. The Morgan fingerprint density at radius 3 is 2.34 bits per heavy atom. The van der Waals surface area contributed by atoms with E-state index < -0.39 is 26.7 Å². The van der Waals surface area contributed by atoms with E-state index in [0.717, 1.165) is 27.6 Å². The van der Waals surface area contributed by atoms with Gasteiger partial charge in [0, 0.05) is 37.7 Å². The quantitative estimate of drug-likeness (QED) is 0.335. The number of ether oxygens (including phenoxy) is 2. The molecule has 3 aromatic carbocycles. The molecule has 1 atom stereocenters. The molecule has 3 aromatic rings. The molecule has 11 heteroatoms. The zero-order valence-electron chi connectivity index (χ0n) is 20.7. The monoisotopic (exact) mass is 568 g/mol. The fourth-order valence-electron chi connectivity index (χ4n) is 4.37. The number of rotatable bonds is 9. The van der Waals surface area contributed by atoms with Crippen LogP contribution in [0, 0.1) is 0 Å². The van der Waals surface area contributed by atoms with Crippen LogP contribution in [0.15, 0.2) is 77.7 Å². The van der Waals surface area contributed by atoms with Crippen molar-refractivity contribution in [3.8, 4) is 5.75 Å². The smallest absolute Gasteiger partial charge is 0.417 e. The normalized spacial score (nSPS) is 16.3. The molecular weight excluding hydrogens is 541 g/mol. The van der Waals surface area contributed by atoms with Gasteiger partial charge in [-0.05, 0) is 47.5 Å². The summed E-state index contributed by atoms with van der Waals surface area (Å²) in [6.07, 6.45) is -5.13. The van der Waals surface area contributed by atoms with E-state index >= 15 is 0 Å². The third kappa shape index (κ3) is 6.86. The molecule has 1 aliphatic rings. The zero-order chi connectivity index (χ0) is 27.3. The Kier molecular flexibility index (Phi) is 9.00. The topological polar surface area (TPSA) is 59.1 Å². The van der Waals surface area contributed by atoms with Gasteiger partial charge in [-0.15, -0.1) is 0 Å². The lowest BCUT2D eigenvalue weighted by Crippen LogP contribution is -2.49. The standard InChI is InChI=1S/C27H28ClF3N2O4S/c1-36-23-9-5-7-21(17-23)25(37-19-20-6-4-8-22(28)16-20)18-32-12-14-33(15-13-32)38(34,35)26-11-3-2-10-24(26)27(29,30)31/h2-11,16-17,25H,12-15,18-19H2,1H3/t25-/m1/s1. The molecule has 1 heterocycles. The van der Waals surface area contributed by atoms with E-state index in [1.54, 1.807) is 13.2 Å². The van der Waals surface area contributed by atoms with Crippen molar-refractivity contribution in [1.29, 1.82) is 0 Å². The molecule has 1 aliphatic heterocycles. The van der Waals surface area contributed by atoms with Crippen LogP contribution in [-0.4, -0.2) is 57.5 Å². The van der Waals surface area contributed by atoms with E-state index in [-0.39, 0.29) is 19.2 Å². The maximum absolute atomic E-state index is 13.5. The SMILES string of the molecule is COc1cccc([C@@H](CN2CCN(S(=O)(=O)c3ccccc3C(F)(F)F)CC2)OCc2cccc(Cl)c2)c1. The molecule has 0 aromatic heterocycles.